The molecule has 0 amide bonds. The quantitative estimate of drug-likeness (QED) is 0.684. The van der Waals surface area contributed by atoms with Crippen molar-refractivity contribution in [1.29, 1.82) is 0 Å². The van der Waals surface area contributed by atoms with E-state index in [2.05, 4.69) is 28.3 Å². The Labute approximate surface area is 45.6 Å². The Kier molecular flexibility index (Phi) is 20.0. The first-order valence-electron chi connectivity index (χ1n) is 0.252. The summed E-state index contributed by atoms with van der Waals surface area (Å²) in [6.45, 7) is 0. The average molecular weight is 236 g/mol. The van der Waals surface area contributed by atoms with Gasteiger partial charge in [0.1, 0.15) is 0 Å². The third-order valence-corrected chi connectivity index (χ3v) is 0. The first-order chi connectivity index (χ1) is 1.41. The van der Waals surface area contributed by atoms with Crippen molar-refractivity contribution in [3.05, 3.63) is 0 Å². The molecule has 0 saturated carbocycles. The van der Waals surface area contributed by atoms with E-state index in [0.29, 0.717) is 0 Å². The molecule has 0 aliphatic heterocycles. The molecule has 31 valence electrons. The molecule has 4 heteroatoms. The first kappa shape index (κ1) is 9.06. The van der Waals surface area contributed by atoms with Crippen molar-refractivity contribution in [1.82, 2.24) is 6.15 Å². The zero-order valence-corrected chi connectivity index (χ0v) is 6.01. The van der Waals surface area contributed by atoms with E-state index in [4.69, 9.17) is 0 Å². The standard InChI is InChI=1S/2BrH.Co.H3N/h2*1H;;1H3/q;;+2;/p-2. The SMILES string of the molecule is N.[Br][Co][Br]. The molecular formula is H3Br2CoN. The van der Waals surface area contributed by atoms with Crippen LogP contribution in [0.5, 0.6) is 0 Å². The van der Waals surface area contributed by atoms with Crippen molar-refractivity contribution in [2.45, 2.75) is 0 Å². The van der Waals surface area contributed by atoms with E-state index >= 15 is 0 Å². The Morgan fingerprint density at radius 1 is 1.25 bits per heavy atom. The van der Waals surface area contributed by atoms with Crippen molar-refractivity contribution in [3.63, 3.8) is 0 Å². The van der Waals surface area contributed by atoms with Crippen LogP contribution in [0.4, 0.5) is 0 Å². The van der Waals surface area contributed by atoms with E-state index in [0.717, 1.165) is 11.1 Å². The molecule has 0 spiro atoms. The van der Waals surface area contributed by atoms with Gasteiger partial charge in [-0.2, -0.15) is 0 Å². The number of hydrogen-bond donors (Lipinski definition) is 1. The van der Waals surface area contributed by atoms with Crippen LogP contribution in [-0.2, 0) is 11.1 Å². The van der Waals surface area contributed by atoms with Crippen molar-refractivity contribution in [2.75, 3.05) is 0 Å². The normalized spacial score (nSPS) is 5.50. The second-order valence-corrected chi connectivity index (χ2v) is 5.30. The van der Waals surface area contributed by atoms with Gasteiger partial charge in [0.25, 0.3) is 0 Å². The van der Waals surface area contributed by atoms with Crippen LogP contribution in [-0.4, -0.2) is 0 Å². The monoisotopic (exact) mass is 234 g/mol. The summed E-state index contributed by atoms with van der Waals surface area (Å²) in [5.74, 6) is 0. The number of hydrogen-bond acceptors (Lipinski definition) is 1. The summed E-state index contributed by atoms with van der Waals surface area (Å²) in [6, 6.07) is 0. The molecule has 0 aliphatic rings. The fourth-order valence-corrected chi connectivity index (χ4v) is 0. The summed E-state index contributed by atoms with van der Waals surface area (Å²) in [5.41, 5.74) is 0. The van der Waals surface area contributed by atoms with Crippen molar-refractivity contribution >= 4 is 28.3 Å². The molecule has 0 aromatic heterocycles. The van der Waals surface area contributed by atoms with Gasteiger partial charge in [0.2, 0.25) is 0 Å². The Hall–Kier alpha value is 1.43. The Balaban J connectivity index is 0. The van der Waals surface area contributed by atoms with Gasteiger partial charge in [0, 0.05) is 0 Å². The zero-order valence-electron chi connectivity index (χ0n) is 1.80. The maximum atomic E-state index is 3.03. The van der Waals surface area contributed by atoms with E-state index in [1.165, 1.54) is 0 Å². The summed E-state index contributed by atoms with van der Waals surface area (Å²) >= 11 is 7.12. The Morgan fingerprint density at radius 2 is 1.25 bits per heavy atom. The molecule has 0 aromatic carbocycles. The van der Waals surface area contributed by atoms with Crippen molar-refractivity contribution in [3.8, 4) is 0 Å². The summed E-state index contributed by atoms with van der Waals surface area (Å²) in [5, 5.41) is 0. The molecule has 3 N–H and O–H groups in total. The van der Waals surface area contributed by atoms with Gasteiger partial charge in [-0.3, -0.25) is 0 Å². The predicted octanol–water partition coefficient (Wildman–Crippen LogP) is 1.85. The van der Waals surface area contributed by atoms with E-state index < -0.39 is 0 Å². The van der Waals surface area contributed by atoms with Crippen LogP contribution in [0.2, 0.25) is 0 Å². The van der Waals surface area contributed by atoms with E-state index in [-0.39, 0.29) is 6.15 Å². The molecule has 0 radical (unpaired) electrons. The van der Waals surface area contributed by atoms with Crippen molar-refractivity contribution in [2.24, 2.45) is 0 Å². The van der Waals surface area contributed by atoms with Gasteiger partial charge in [-0.25, -0.2) is 0 Å². The van der Waals surface area contributed by atoms with Crippen LogP contribution in [0.3, 0.4) is 0 Å². The van der Waals surface area contributed by atoms with E-state index in [9.17, 15) is 0 Å². The summed E-state index contributed by atoms with van der Waals surface area (Å²) in [7, 11) is 0. The van der Waals surface area contributed by atoms with Crippen molar-refractivity contribution < 1.29 is 11.1 Å². The van der Waals surface area contributed by atoms with Gasteiger partial charge in [0.05, 0.1) is 0 Å². The van der Waals surface area contributed by atoms with Crippen LogP contribution in [0.15, 0.2) is 0 Å². The molecule has 0 aliphatic carbocycles. The maximum absolute atomic E-state index is 3.03. The number of halogens is 2. The van der Waals surface area contributed by atoms with Crippen LogP contribution in [0, 0.1) is 0 Å². The van der Waals surface area contributed by atoms with Gasteiger partial charge in [-0.05, 0) is 0 Å². The molecule has 1 nitrogen and oxygen atoms in total. The molecule has 0 unspecified atom stereocenters. The van der Waals surface area contributed by atoms with Crippen LogP contribution in [0.25, 0.3) is 0 Å². The molecule has 0 heterocycles. The Bertz CT molecular complexity index is 6.00. The fourth-order valence-electron chi connectivity index (χ4n) is 0. The molecule has 0 fully saturated rings. The van der Waals surface area contributed by atoms with Gasteiger partial charge in [-0.15, -0.1) is 0 Å². The summed E-state index contributed by atoms with van der Waals surface area (Å²) in [4.78, 5) is 0. The first-order valence-corrected chi connectivity index (χ1v) is 5.40. The van der Waals surface area contributed by atoms with Gasteiger partial charge >= 0.3 is 39.5 Å². The Morgan fingerprint density at radius 3 is 1.25 bits per heavy atom. The van der Waals surface area contributed by atoms with Crippen LogP contribution < -0.4 is 6.15 Å². The van der Waals surface area contributed by atoms with E-state index in [1.807, 2.05) is 0 Å². The summed E-state index contributed by atoms with van der Waals surface area (Å²) < 4.78 is 0. The van der Waals surface area contributed by atoms with Crippen LogP contribution >= 0.6 is 28.3 Å². The minimum absolute atomic E-state index is 0. The molecule has 4 heavy (non-hydrogen) atoms. The van der Waals surface area contributed by atoms with Crippen LogP contribution in [0.1, 0.15) is 0 Å². The summed E-state index contributed by atoms with van der Waals surface area (Å²) in [6.07, 6.45) is 0. The fraction of sp³-hybridized carbons (Fsp3) is 0. The third kappa shape index (κ3) is 9.91. The molecule has 0 atom stereocenters. The molecule has 0 aromatic rings. The zero-order chi connectivity index (χ0) is 2.71. The predicted molar refractivity (Wildman–Crippen MR) is 22.9 cm³/mol. The minimum atomic E-state index is 0. The number of rotatable bonds is 0. The third-order valence-electron chi connectivity index (χ3n) is 0. The molecule has 0 bridgehead atoms. The van der Waals surface area contributed by atoms with E-state index in [1.54, 1.807) is 0 Å². The second kappa shape index (κ2) is 8.83. The van der Waals surface area contributed by atoms with Gasteiger partial charge in [-0.1, -0.05) is 0 Å². The second-order valence-electron chi connectivity index (χ2n) is 0.0476. The molecule has 0 rings (SSSR count). The molecular weight excluding hydrogens is 233 g/mol. The van der Waals surface area contributed by atoms with Gasteiger partial charge in [0.15, 0.2) is 0 Å². The average Bonchev–Trinajstić information content (AvgIpc) is 0.918. The topological polar surface area (TPSA) is 35.0 Å². The van der Waals surface area contributed by atoms with Gasteiger partial charge < -0.3 is 6.15 Å². The molecule has 0 saturated heterocycles.